The van der Waals surface area contributed by atoms with Crippen LogP contribution < -0.4 is 27.1 Å². The molecule has 2 aromatic rings. The number of carbonyl (C=O) groups excluding carboxylic acids is 2. The second-order valence-corrected chi connectivity index (χ2v) is 11.3. The van der Waals surface area contributed by atoms with Gasteiger partial charge >= 0.3 is 11.1 Å². The predicted octanol–water partition coefficient (Wildman–Crippen LogP) is -0.887. The van der Waals surface area contributed by atoms with Crippen molar-refractivity contribution in [3.8, 4) is 0 Å². The minimum atomic E-state index is -1.22. The number of aliphatic carboxylic acids is 1. The molecule has 2 unspecified atom stereocenters. The van der Waals surface area contributed by atoms with Gasteiger partial charge in [0.25, 0.3) is 11.7 Å². The number of thiazole rings is 1. The number of carboxylic acids is 1. The van der Waals surface area contributed by atoms with Crippen LogP contribution in [-0.2, 0) is 26.3 Å². The lowest BCUT2D eigenvalue weighted by atomic mass is 9.89. The summed E-state index contributed by atoms with van der Waals surface area (Å²) in [5.74, 6) is -1.50. The molecule has 4 heterocycles. The molecule has 2 aliphatic heterocycles. The lowest BCUT2D eigenvalue weighted by molar-refractivity contribution is -0.712. The highest BCUT2D eigenvalue weighted by molar-refractivity contribution is 8.00. The number of nitrogens with one attached hydrogen (secondary N) is 1. The molecule has 0 spiro atoms. The lowest BCUT2D eigenvalue weighted by Crippen LogP contribution is -2.74. The average Bonchev–Trinajstić information content (AvgIpc) is 3.29. The maximum Gasteiger partial charge on any atom is 0.361 e. The molecule has 0 aliphatic carbocycles. The van der Waals surface area contributed by atoms with Gasteiger partial charge in [-0.1, -0.05) is 5.16 Å². The molecule has 2 amide bonds. The lowest BCUT2D eigenvalue weighted by Gasteiger charge is -2.53. The molecule has 14 nitrogen and oxygen atoms in total. The third-order valence-corrected chi connectivity index (χ3v) is 9.37. The molecule has 2 saturated heterocycles. The molecule has 17 heteroatoms. The van der Waals surface area contributed by atoms with Crippen LogP contribution >= 0.6 is 34.9 Å². The molecule has 3 atom stereocenters. The van der Waals surface area contributed by atoms with Crippen molar-refractivity contribution >= 4 is 75.0 Å². The van der Waals surface area contributed by atoms with Gasteiger partial charge in [-0.25, -0.2) is 9.55 Å². The topological polar surface area (TPSA) is 216 Å². The van der Waals surface area contributed by atoms with Crippen molar-refractivity contribution in [2.45, 2.75) is 23.5 Å². The summed E-state index contributed by atoms with van der Waals surface area (Å²) in [4.78, 5) is 53.1. The molecule has 198 valence electrons. The van der Waals surface area contributed by atoms with Gasteiger partial charge in [-0.2, -0.15) is 0 Å². The van der Waals surface area contributed by atoms with Crippen LogP contribution in [0.2, 0.25) is 0 Å². The van der Waals surface area contributed by atoms with Crippen LogP contribution in [0.15, 0.2) is 21.9 Å². The van der Waals surface area contributed by atoms with Gasteiger partial charge in [0.2, 0.25) is 5.91 Å². The highest BCUT2D eigenvalue weighted by Gasteiger charge is 2.57. The summed E-state index contributed by atoms with van der Waals surface area (Å²) < 4.78 is 1.67. The third kappa shape index (κ3) is 5.24. The number of aryl methyl sites for hydroxylation is 1. The summed E-state index contributed by atoms with van der Waals surface area (Å²) in [5.41, 5.74) is 16.5. The van der Waals surface area contributed by atoms with Gasteiger partial charge in [0, 0.05) is 23.4 Å². The van der Waals surface area contributed by atoms with Gasteiger partial charge in [-0.3, -0.25) is 14.4 Å². The Labute approximate surface area is 224 Å². The van der Waals surface area contributed by atoms with Gasteiger partial charge in [0.1, 0.15) is 41.0 Å². The number of hydrogen-bond donors (Lipinski definition) is 5. The normalized spacial score (nSPS) is 23.2. The zero-order valence-electron chi connectivity index (χ0n) is 19.9. The number of aromatic nitrogens is 3. The number of hydrogen-bond acceptors (Lipinski definition) is 13. The van der Waals surface area contributed by atoms with E-state index < -0.39 is 28.7 Å². The summed E-state index contributed by atoms with van der Waals surface area (Å²) in [5, 5.41) is 18.5. The Hall–Kier alpha value is -3.31. The van der Waals surface area contributed by atoms with Crippen LogP contribution in [-0.4, -0.2) is 79.5 Å². The number of nitrogen functional groups attached to an aromatic ring is 3. The molecule has 37 heavy (non-hydrogen) atoms. The Morgan fingerprint density at radius 1 is 1.41 bits per heavy atom. The van der Waals surface area contributed by atoms with E-state index in [1.54, 1.807) is 30.1 Å². The number of anilines is 3. The van der Waals surface area contributed by atoms with Crippen LogP contribution in [0.4, 0.5) is 16.6 Å². The Balaban J connectivity index is 1.44. The van der Waals surface area contributed by atoms with Crippen molar-refractivity contribution in [3.63, 3.8) is 0 Å². The second kappa shape index (κ2) is 10.6. The minimum Gasteiger partial charge on any atom is -0.481 e. The van der Waals surface area contributed by atoms with Crippen LogP contribution in [0.5, 0.6) is 0 Å². The van der Waals surface area contributed by atoms with Crippen molar-refractivity contribution in [2.75, 3.05) is 41.9 Å². The van der Waals surface area contributed by atoms with Crippen LogP contribution in [0, 0.1) is 5.41 Å². The molecule has 0 radical (unpaired) electrons. The fourth-order valence-electron chi connectivity index (χ4n) is 3.76. The number of fused-ring (bicyclic) bond motifs is 1. The molecule has 8 N–H and O–H groups in total. The Bertz CT molecular complexity index is 1270. The molecular formula is C20H26N9O5S3+. The number of nitrogens with two attached hydrogens (primary N) is 3. The van der Waals surface area contributed by atoms with E-state index in [1.807, 2.05) is 0 Å². The highest BCUT2D eigenvalue weighted by Crippen LogP contribution is 2.44. The SMILES string of the molecule is CCON=C(C(=O)NC1C(=O)N2CC(CSc3nc(N)c(N)c[n+]3C)(C(=O)O)CS[C@H]12)c1csc(N)n1. The molecule has 4 rings (SSSR count). The molecular weight excluding hydrogens is 542 g/mol. The van der Waals surface area contributed by atoms with E-state index in [0.717, 1.165) is 11.3 Å². The standard InChI is InChI=1S/C20H25N9O5S3/c1-3-34-27-11(10-5-35-18(23)24-10)14(30)25-12-15(31)29-6-20(17(32)33,7-36-16(12)29)8-37-19-26-13(22)9(21)4-28(19)2/h4-5,12,16,22H,3,6-8,21H2,1-2H3,(H4,23,24,25,30,32,33)/p+1/t12?,16-,20?/m1/s1. The summed E-state index contributed by atoms with van der Waals surface area (Å²) >= 11 is 3.66. The van der Waals surface area contributed by atoms with Crippen molar-refractivity contribution in [2.24, 2.45) is 17.6 Å². The van der Waals surface area contributed by atoms with Crippen molar-refractivity contribution in [1.29, 1.82) is 0 Å². The number of rotatable bonds is 9. The first-order chi connectivity index (χ1) is 17.6. The number of carbonyl (C=O) groups is 3. The third-order valence-electron chi connectivity index (χ3n) is 5.77. The Morgan fingerprint density at radius 3 is 2.81 bits per heavy atom. The largest absolute Gasteiger partial charge is 0.481 e. The van der Waals surface area contributed by atoms with E-state index in [9.17, 15) is 19.5 Å². The monoisotopic (exact) mass is 568 g/mol. The summed E-state index contributed by atoms with van der Waals surface area (Å²) in [6.07, 6.45) is 1.61. The Kier molecular flexibility index (Phi) is 7.65. The molecule has 0 bridgehead atoms. The van der Waals surface area contributed by atoms with E-state index in [-0.39, 0.29) is 52.9 Å². The first kappa shape index (κ1) is 26.7. The van der Waals surface area contributed by atoms with Gasteiger partial charge in [-0.05, 0) is 23.7 Å². The quantitative estimate of drug-likeness (QED) is 0.0622. The summed E-state index contributed by atoms with van der Waals surface area (Å²) in [6.45, 7) is 1.94. The zero-order chi connectivity index (χ0) is 26.9. The van der Waals surface area contributed by atoms with E-state index in [4.69, 9.17) is 22.0 Å². The predicted molar refractivity (Wildman–Crippen MR) is 140 cm³/mol. The second-order valence-electron chi connectivity index (χ2n) is 8.40. The number of thioether (sulfide) groups is 2. The van der Waals surface area contributed by atoms with Gasteiger partial charge < -0.3 is 37.4 Å². The van der Waals surface area contributed by atoms with Crippen LogP contribution in [0.3, 0.4) is 0 Å². The van der Waals surface area contributed by atoms with Crippen LogP contribution in [0.25, 0.3) is 0 Å². The number of amides is 2. The zero-order valence-corrected chi connectivity index (χ0v) is 22.4. The number of oxime groups is 1. The molecule has 2 fully saturated rings. The number of nitrogens with zero attached hydrogens (tertiary/aromatic N) is 5. The average molecular weight is 569 g/mol. The molecule has 2 aromatic heterocycles. The van der Waals surface area contributed by atoms with E-state index in [0.29, 0.717) is 10.8 Å². The van der Waals surface area contributed by atoms with Crippen molar-refractivity contribution in [1.82, 2.24) is 20.2 Å². The summed E-state index contributed by atoms with van der Waals surface area (Å²) in [6, 6.07) is -0.837. The van der Waals surface area contributed by atoms with Crippen molar-refractivity contribution < 1.29 is 28.9 Å². The molecule has 0 aromatic carbocycles. The maximum atomic E-state index is 13.0. The van der Waals surface area contributed by atoms with E-state index in [2.05, 4.69) is 20.4 Å². The minimum absolute atomic E-state index is 0.00507. The van der Waals surface area contributed by atoms with Gasteiger partial charge in [-0.15, -0.1) is 23.1 Å². The fourth-order valence-corrected chi connectivity index (χ4v) is 7.12. The maximum absolute atomic E-state index is 13.0. The Morgan fingerprint density at radius 2 is 2.16 bits per heavy atom. The van der Waals surface area contributed by atoms with Crippen molar-refractivity contribution in [3.05, 3.63) is 17.3 Å². The number of carboxylic acid groups (broad SMARTS) is 1. The molecule has 2 aliphatic rings. The van der Waals surface area contributed by atoms with Crippen LogP contribution in [0.1, 0.15) is 12.6 Å². The highest BCUT2D eigenvalue weighted by atomic mass is 32.2. The number of β-lactam (4-membered cyclic amide) rings is 1. The fraction of sp³-hybridized carbons (Fsp3) is 0.450. The van der Waals surface area contributed by atoms with Gasteiger partial charge in [0.05, 0.1) is 7.05 Å². The van der Waals surface area contributed by atoms with Gasteiger partial charge in [0.15, 0.2) is 10.8 Å². The first-order valence-corrected chi connectivity index (χ1v) is 13.9. The summed E-state index contributed by atoms with van der Waals surface area (Å²) in [7, 11) is 1.74. The van der Waals surface area contributed by atoms with E-state index in [1.165, 1.54) is 28.4 Å². The molecule has 0 saturated carbocycles. The van der Waals surface area contributed by atoms with E-state index >= 15 is 0 Å². The first-order valence-electron chi connectivity index (χ1n) is 11.0. The smallest absolute Gasteiger partial charge is 0.361 e.